The zero-order valence-corrected chi connectivity index (χ0v) is 13.0. The smallest absolute Gasteiger partial charge is 0.276 e. The summed E-state index contributed by atoms with van der Waals surface area (Å²) in [7, 11) is -3.88. The lowest BCUT2D eigenvalue weighted by molar-refractivity contribution is 0.340. The maximum absolute atomic E-state index is 13.4. The zero-order chi connectivity index (χ0) is 16.9. The molecule has 2 aromatic carbocycles. The third-order valence-corrected chi connectivity index (χ3v) is 4.02. The number of sulfonamides is 1. The van der Waals surface area contributed by atoms with Crippen molar-refractivity contribution in [3.05, 3.63) is 59.7 Å². The van der Waals surface area contributed by atoms with Gasteiger partial charge in [0.25, 0.3) is 10.0 Å². The normalized spacial score (nSPS) is 11.6. The summed E-state index contributed by atoms with van der Waals surface area (Å²) in [5.74, 6) is -1.02. The van der Waals surface area contributed by atoms with E-state index in [0.29, 0.717) is 18.4 Å². The van der Waals surface area contributed by atoms with Gasteiger partial charge in [0.05, 0.1) is 17.7 Å². The second kappa shape index (κ2) is 7.19. The second-order valence-corrected chi connectivity index (χ2v) is 6.08. The number of hydrogen-bond donors (Lipinski definition) is 1. The Kier molecular flexibility index (Phi) is 5.28. The van der Waals surface area contributed by atoms with Gasteiger partial charge in [0.2, 0.25) is 0 Å². The summed E-state index contributed by atoms with van der Waals surface area (Å²) < 4.78 is 55.4. The minimum atomic E-state index is -3.88. The van der Waals surface area contributed by atoms with Crippen molar-refractivity contribution in [3.63, 3.8) is 0 Å². The third-order valence-electron chi connectivity index (χ3n) is 2.78. The van der Waals surface area contributed by atoms with Crippen LogP contribution < -0.4 is 9.57 Å². The number of ether oxygens (including phenoxy) is 1. The Labute approximate surface area is 132 Å². The van der Waals surface area contributed by atoms with E-state index in [9.17, 15) is 17.2 Å². The fourth-order valence-electron chi connectivity index (χ4n) is 1.71. The van der Waals surface area contributed by atoms with Gasteiger partial charge in [-0.25, -0.2) is 13.6 Å². The Hall–Kier alpha value is -2.48. The van der Waals surface area contributed by atoms with Gasteiger partial charge in [0, 0.05) is 11.6 Å². The van der Waals surface area contributed by atoms with Gasteiger partial charge >= 0.3 is 0 Å². The number of nitrogens with zero attached hydrogens (tertiary/aromatic N) is 1. The molecule has 0 unspecified atom stereocenters. The van der Waals surface area contributed by atoms with Crippen LogP contribution in [-0.2, 0) is 10.0 Å². The van der Waals surface area contributed by atoms with E-state index in [1.54, 1.807) is 0 Å². The van der Waals surface area contributed by atoms with Crippen molar-refractivity contribution in [2.45, 2.75) is 11.8 Å². The molecular weight excluding hydrogens is 326 g/mol. The van der Waals surface area contributed by atoms with Crippen molar-refractivity contribution in [1.29, 1.82) is 0 Å². The van der Waals surface area contributed by atoms with Crippen LogP contribution in [0, 0.1) is 11.6 Å². The first-order chi connectivity index (χ1) is 10.9. The van der Waals surface area contributed by atoms with Crippen molar-refractivity contribution in [3.8, 4) is 5.75 Å². The highest BCUT2D eigenvalue weighted by Crippen LogP contribution is 2.15. The van der Waals surface area contributed by atoms with Crippen LogP contribution in [0.2, 0.25) is 0 Å². The molecule has 0 heterocycles. The molecule has 0 saturated carbocycles. The average Bonchev–Trinajstić information content (AvgIpc) is 2.50. The van der Waals surface area contributed by atoms with E-state index in [0.717, 1.165) is 18.3 Å². The molecule has 0 bridgehead atoms. The molecule has 0 aromatic heterocycles. The summed E-state index contributed by atoms with van der Waals surface area (Å²) in [6.45, 7) is 2.29. The molecule has 5 nitrogen and oxygen atoms in total. The third kappa shape index (κ3) is 4.49. The Morgan fingerprint density at radius 2 is 1.87 bits per heavy atom. The Balaban J connectivity index is 2.10. The Bertz CT molecular complexity index is 806. The van der Waals surface area contributed by atoms with E-state index in [-0.39, 0.29) is 10.5 Å². The zero-order valence-electron chi connectivity index (χ0n) is 12.2. The first kappa shape index (κ1) is 16.9. The van der Waals surface area contributed by atoms with Crippen LogP contribution >= 0.6 is 0 Å². The van der Waals surface area contributed by atoms with Crippen molar-refractivity contribution < 1.29 is 21.9 Å². The number of hydrogen-bond acceptors (Lipinski definition) is 4. The summed E-state index contributed by atoms with van der Waals surface area (Å²) in [4.78, 5) is 1.94. The summed E-state index contributed by atoms with van der Waals surface area (Å²) >= 11 is 0. The quantitative estimate of drug-likeness (QED) is 0.649. The summed E-state index contributed by atoms with van der Waals surface area (Å²) in [5.41, 5.74) is -0.0409. The highest BCUT2D eigenvalue weighted by molar-refractivity contribution is 7.89. The largest absolute Gasteiger partial charge is 0.494 e. The number of benzene rings is 2. The maximum atomic E-state index is 13.4. The minimum Gasteiger partial charge on any atom is -0.494 e. The number of halogens is 2. The van der Waals surface area contributed by atoms with Crippen LogP contribution in [0.15, 0.2) is 52.5 Å². The molecule has 0 aliphatic rings. The van der Waals surface area contributed by atoms with Gasteiger partial charge in [0.15, 0.2) is 0 Å². The van der Waals surface area contributed by atoms with Gasteiger partial charge in [-0.15, -0.1) is 0 Å². The van der Waals surface area contributed by atoms with Crippen LogP contribution in [0.5, 0.6) is 5.75 Å². The van der Waals surface area contributed by atoms with Crippen LogP contribution in [-0.4, -0.2) is 21.2 Å². The van der Waals surface area contributed by atoms with E-state index >= 15 is 0 Å². The van der Waals surface area contributed by atoms with Gasteiger partial charge in [-0.3, -0.25) is 0 Å². The minimum absolute atomic E-state index is 0.0160. The molecule has 0 fully saturated rings. The number of hydrazone groups is 1. The molecule has 2 rings (SSSR count). The molecular formula is C15H14F2N2O3S. The lowest BCUT2D eigenvalue weighted by Crippen LogP contribution is -2.18. The van der Waals surface area contributed by atoms with E-state index in [1.807, 2.05) is 11.8 Å². The molecule has 1 N–H and O–H groups in total. The predicted molar refractivity (Wildman–Crippen MR) is 81.9 cm³/mol. The van der Waals surface area contributed by atoms with E-state index in [2.05, 4.69) is 5.10 Å². The topological polar surface area (TPSA) is 67.8 Å². The molecule has 8 heteroatoms. The van der Waals surface area contributed by atoms with E-state index in [4.69, 9.17) is 4.74 Å². The van der Waals surface area contributed by atoms with Gasteiger partial charge in [0.1, 0.15) is 17.4 Å². The average molecular weight is 340 g/mol. The van der Waals surface area contributed by atoms with Gasteiger partial charge in [-0.2, -0.15) is 13.5 Å². The molecule has 0 amide bonds. The predicted octanol–water partition coefficient (Wildman–Crippen LogP) is 2.68. The Morgan fingerprint density at radius 3 is 2.48 bits per heavy atom. The first-order valence-corrected chi connectivity index (χ1v) is 8.13. The fourth-order valence-corrected chi connectivity index (χ4v) is 2.50. The van der Waals surface area contributed by atoms with E-state index < -0.39 is 21.7 Å². The molecule has 0 aliphatic heterocycles. The van der Waals surface area contributed by atoms with Crippen LogP contribution in [0.3, 0.4) is 0 Å². The fraction of sp³-hybridized carbons (Fsp3) is 0.133. The molecule has 0 radical (unpaired) electrons. The van der Waals surface area contributed by atoms with Gasteiger partial charge in [-0.1, -0.05) is 0 Å². The van der Waals surface area contributed by atoms with E-state index in [1.165, 1.54) is 24.3 Å². The molecule has 0 atom stereocenters. The summed E-state index contributed by atoms with van der Waals surface area (Å²) in [6.07, 6.45) is 0.959. The lowest BCUT2D eigenvalue weighted by Gasteiger charge is -2.05. The molecule has 122 valence electrons. The molecule has 0 spiro atoms. The van der Waals surface area contributed by atoms with Crippen molar-refractivity contribution in [1.82, 2.24) is 4.83 Å². The molecule has 0 saturated heterocycles. The standard InChI is InChI=1S/C15H14F2N2O3S/c1-2-22-13-5-7-14(8-6-13)23(20,21)19-18-10-11-3-4-12(16)9-15(11)17/h3-10,19H,2H2,1H3/b18-10+. The van der Waals surface area contributed by atoms with Crippen molar-refractivity contribution >= 4 is 16.2 Å². The van der Waals surface area contributed by atoms with Crippen molar-refractivity contribution in [2.75, 3.05) is 6.61 Å². The number of rotatable bonds is 6. The van der Waals surface area contributed by atoms with Crippen molar-refractivity contribution in [2.24, 2.45) is 5.10 Å². The summed E-state index contributed by atoms with van der Waals surface area (Å²) in [6, 6.07) is 8.64. The molecule has 2 aromatic rings. The molecule has 0 aliphatic carbocycles. The maximum Gasteiger partial charge on any atom is 0.276 e. The molecule has 23 heavy (non-hydrogen) atoms. The van der Waals surface area contributed by atoms with Gasteiger partial charge < -0.3 is 4.74 Å². The highest BCUT2D eigenvalue weighted by atomic mass is 32.2. The number of nitrogens with one attached hydrogen (secondary N) is 1. The summed E-state index contributed by atoms with van der Waals surface area (Å²) in [5, 5.41) is 3.48. The lowest BCUT2D eigenvalue weighted by atomic mass is 10.2. The van der Waals surface area contributed by atoms with Crippen LogP contribution in [0.4, 0.5) is 8.78 Å². The highest BCUT2D eigenvalue weighted by Gasteiger charge is 2.12. The van der Waals surface area contributed by atoms with Crippen LogP contribution in [0.25, 0.3) is 0 Å². The monoisotopic (exact) mass is 340 g/mol. The second-order valence-electron chi connectivity index (χ2n) is 4.42. The van der Waals surface area contributed by atoms with Gasteiger partial charge in [-0.05, 0) is 43.3 Å². The van der Waals surface area contributed by atoms with Crippen LogP contribution in [0.1, 0.15) is 12.5 Å². The first-order valence-electron chi connectivity index (χ1n) is 6.65. The Morgan fingerprint density at radius 1 is 1.17 bits per heavy atom. The SMILES string of the molecule is CCOc1ccc(S(=O)(=O)N/N=C/c2ccc(F)cc2F)cc1.